The molecular weight excluding hydrogens is 687 g/mol. The molecule has 8 aromatic carbocycles. The molecule has 0 unspecified atom stereocenters. The molecule has 0 spiro atoms. The highest BCUT2D eigenvalue weighted by molar-refractivity contribution is 6.13. The number of furan rings is 2. The molecule has 0 amide bonds. The van der Waals surface area contributed by atoms with E-state index in [4.69, 9.17) is 33.4 Å². The van der Waals surface area contributed by atoms with Gasteiger partial charge in [-0.05, 0) is 52.5 Å². The summed E-state index contributed by atoms with van der Waals surface area (Å²) < 4.78 is 110. The van der Waals surface area contributed by atoms with E-state index in [2.05, 4.69) is 0 Å². The molecule has 0 aliphatic rings. The summed E-state index contributed by atoms with van der Waals surface area (Å²) in [6.07, 6.45) is 0. The number of aromatic nitrogens is 3. The molecule has 3 heterocycles. The minimum Gasteiger partial charge on any atom is -0.456 e. The van der Waals surface area contributed by atoms with E-state index in [-0.39, 0.29) is 45.0 Å². The molecule has 5 nitrogen and oxygen atoms in total. The normalized spacial score (nSPS) is 14.3. The van der Waals surface area contributed by atoms with E-state index in [9.17, 15) is 5.48 Å². The fraction of sp³-hybridized carbons (Fsp3) is 0. The Balaban J connectivity index is 1.10. The van der Waals surface area contributed by atoms with Crippen LogP contribution in [0.15, 0.2) is 197 Å². The minimum absolute atomic E-state index is 0.119. The highest BCUT2D eigenvalue weighted by Gasteiger charge is 2.18. The molecule has 5 heteroatoms. The third-order valence-electron chi connectivity index (χ3n) is 9.69. The van der Waals surface area contributed by atoms with Crippen LogP contribution in [-0.2, 0) is 0 Å². The first-order chi connectivity index (χ1) is 32.3. The maximum absolute atomic E-state index is 9.49. The van der Waals surface area contributed by atoms with Crippen LogP contribution in [0.4, 0.5) is 0 Å². The van der Waals surface area contributed by atoms with Gasteiger partial charge in [0, 0.05) is 49.4 Å². The Kier molecular flexibility index (Phi) is 5.25. The van der Waals surface area contributed by atoms with E-state index in [0.717, 1.165) is 38.6 Å². The van der Waals surface area contributed by atoms with E-state index in [0.29, 0.717) is 16.7 Å². The molecular formula is C51H31N3O2. The van der Waals surface area contributed by atoms with E-state index >= 15 is 0 Å². The number of hydrogen-bond donors (Lipinski definition) is 0. The second kappa shape index (κ2) is 13.0. The Morgan fingerprint density at radius 1 is 0.357 bits per heavy atom. The van der Waals surface area contributed by atoms with E-state index in [1.165, 1.54) is 0 Å². The van der Waals surface area contributed by atoms with E-state index in [1.54, 1.807) is 0 Å². The van der Waals surface area contributed by atoms with Crippen LogP contribution < -0.4 is 0 Å². The summed E-state index contributed by atoms with van der Waals surface area (Å²) in [5.41, 5.74) is 4.57. The fourth-order valence-corrected chi connectivity index (χ4v) is 7.05. The smallest absolute Gasteiger partial charge is 0.164 e. The molecule has 0 aliphatic heterocycles. The number of benzene rings is 8. The number of nitrogens with zero attached hydrogens (tertiary/aromatic N) is 3. The number of hydrogen-bond acceptors (Lipinski definition) is 5. The molecule has 0 N–H and O–H groups in total. The van der Waals surface area contributed by atoms with Crippen LogP contribution in [0, 0.1) is 0 Å². The van der Waals surface area contributed by atoms with Crippen LogP contribution >= 0.6 is 0 Å². The van der Waals surface area contributed by atoms with Crippen molar-refractivity contribution in [3.8, 4) is 67.5 Å². The van der Waals surface area contributed by atoms with Crippen molar-refractivity contribution < 1.29 is 23.9 Å². The quantitative estimate of drug-likeness (QED) is 0.171. The summed E-state index contributed by atoms with van der Waals surface area (Å²) >= 11 is 0. The molecule has 0 bridgehead atoms. The maximum Gasteiger partial charge on any atom is 0.164 e. The summed E-state index contributed by atoms with van der Waals surface area (Å²) in [7, 11) is 0. The zero-order chi connectivity index (χ0) is 46.6. The van der Waals surface area contributed by atoms with Crippen LogP contribution in [0.25, 0.3) is 111 Å². The average molecular weight is 729 g/mol. The van der Waals surface area contributed by atoms with Crippen molar-refractivity contribution >= 4 is 43.9 Å². The van der Waals surface area contributed by atoms with Gasteiger partial charge < -0.3 is 8.83 Å². The van der Waals surface area contributed by atoms with Crippen LogP contribution in [0.5, 0.6) is 0 Å². The van der Waals surface area contributed by atoms with Crippen LogP contribution in [0.3, 0.4) is 0 Å². The van der Waals surface area contributed by atoms with Crippen molar-refractivity contribution in [2.75, 3.05) is 0 Å². The summed E-state index contributed by atoms with van der Waals surface area (Å²) in [6, 6.07) is 32.2. The summed E-state index contributed by atoms with van der Waals surface area (Å²) in [4.78, 5) is 14.5. The first kappa shape index (κ1) is 22.6. The molecule has 262 valence electrons. The van der Waals surface area contributed by atoms with Gasteiger partial charge in [0.2, 0.25) is 0 Å². The van der Waals surface area contributed by atoms with Gasteiger partial charge >= 0.3 is 0 Å². The van der Waals surface area contributed by atoms with Crippen molar-refractivity contribution in [1.29, 1.82) is 0 Å². The minimum atomic E-state index is -0.689. The third kappa shape index (κ3) is 5.45. The highest BCUT2D eigenvalue weighted by Crippen LogP contribution is 2.41. The van der Waals surface area contributed by atoms with Crippen molar-refractivity contribution in [3.63, 3.8) is 0 Å². The van der Waals surface area contributed by atoms with Crippen molar-refractivity contribution in [1.82, 2.24) is 15.0 Å². The summed E-state index contributed by atoms with van der Waals surface area (Å²) in [6.45, 7) is 0. The largest absolute Gasteiger partial charge is 0.456 e. The van der Waals surface area contributed by atoms with E-state index in [1.807, 2.05) is 121 Å². The molecule has 0 aliphatic carbocycles. The van der Waals surface area contributed by atoms with Crippen molar-refractivity contribution in [2.45, 2.75) is 0 Å². The highest BCUT2D eigenvalue weighted by atomic mass is 16.3. The Morgan fingerprint density at radius 2 is 0.946 bits per heavy atom. The first-order valence-electron chi connectivity index (χ1n) is 23.3. The van der Waals surface area contributed by atoms with Gasteiger partial charge in [0.1, 0.15) is 22.3 Å². The van der Waals surface area contributed by atoms with E-state index < -0.39 is 77.6 Å². The van der Waals surface area contributed by atoms with Gasteiger partial charge in [-0.3, -0.25) is 0 Å². The van der Waals surface area contributed by atoms with Gasteiger partial charge in [0.15, 0.2) is 17.5 Å². The van der Waals surface area contributed by atoms with Gasteiger partial charge in [-0.15, -0.1) is 0 Å². The fourth-order valence-electron chi connectivity index (χ4n) is 7.05. The summed E-state index contributed by atoms with van der Waals surface area (Å²) in [5, 5.41) is 1.51. The predicted octanol–water partition coefficient (Wildman–Crippen LogP) is 13.7. The lowest BCUT2D eigenvalue weighted by Crippen LogP contribution is -2.00. The van der Waals surface area contributed by atoms with Crippen LogP contribution in [-0.4, -0.2) is 15.0 Å². The Bertz CT molecular complexity index is 3870. The second-order valence-electron chi connectivity index (χ2n) is 13.1. The Morgan fingerprint density at radius 3 is 1.68 bits per heavy atom. The lowest BCUT2D eigenvalue weighted by molar-refractivity contribution is 0.669. The number of rotatable bonds is 6. The standard InChI is InChI=1S/C51H31N3O2/c1-4-13-32(14-5-1)35-26-28-45-44(30-35)41-27-25-38(31-46(41)55-45)51-53-49(34-17-8-3-9-18-34)52-50(54-51)37-20-10-19-36(29-37)40-22-12-24-43-42-23-11-21-39(47(42)56-48(40)43)33-15-6-2-7-16-33/h1-31H/i1D,4D,5D,13D,14D,25D,26D,27D,28D,30D,31D. The molecule has 11 aromatic rings. The molecule has 0 saturated carbocycles. The van der Waals surface area contributed by atoms with Gasteiger partial charge in [0.05, 0.1) is 15.1 Å². The van der Waals surface area contributed by atoms with Gasteiger partial charge in [0.25, 0.3) is 0 Å². The lowest BCUT2D eigenvalue weighted by Gasteiger charge is -2.10. The zero-order valence-corrected chi connectivity index (χ0v) is 29.2. The molecule has 0 atom stereocenters. The molecule has 0 fully saturated rings. The monoisotopic (exact) mass is 728 g/mol. The van der Waals surface area contributed by atoms with Crippen LogP contribution in [0.2, 0.25) is 0 Å². The van der Waals surface area contributed by atoms with Gasteiger partial charge in [-0.25, -0.2) is 15.0 Å². The predicted molar refractivity (Wildman–Crippen MR) is 227 cm³/mol. The molecule has 0 saturated heterocycles. The van der Waals surface area contributed by atoms with Crippen LogP contribution in [0.1, 0.15) is 15.1 Å². The Hall–Kier alpha value is -7.63. The number of para-hydroxylation sites is 2. The molecule has 0 radical (unpaired) electrons. The van der Waals surface area contributed by atoms with Gasteiger partial charge in [-0.1, -0.05) is 158 Å². The third-order valence-corrected chi connectivity index (χ3v) is 9.69. The zero-order valence-electron chi connectivity index (χ0n) is 40.2. The maximum atomic E-state index is 9.49. The topological polar surface area (TPSA) is 65.0 Å². The van der Waals surface area contributed by atoms with Crippen molar-refractivity contribution in [2.24, 2.45) is 0 Å². The van der Waals surface area contributed by atoms with Gasteiger partial charge in [-0.2, -0.15) is 0 Å². The van der Waals surface area contributed by atoms with Crippen molar-refractivity contribution in [3.05, 3.63) is 188 Å². The first-order valence-corrected chi connectivity index (χ1v) is 17.8. The summed E-state index contributed by atoms with van der Waals surface area (Å²) in [5.74, 6) is 0.303. The number of fused-ring (bicyclic) bond motifs is 6. The molecule has 11 rings (SSSR count). The Labute approximate surface area is 337 Å². The lowest BCUT2D eigenvalue weighted by atomic mass is 9.99. The average Bonchev–Trinajstić information content (AvgIpc) is 3.96. The SMILES string of the molecule is [2H]c1c([2H])c([2H])c(-c2c([2H])c([2H])c3oc4c([2H])c(-c5nc(-c6ccccc6)nc(-c6cccc(-c7cccc8c7oc7c(-c9ccccc9)cccc78)c6)n5)c([2H])c([2H])c4c3c2[2H])c([2H])c1[2H]. The second-order valence-corrected chi connectivity index (χ2v) is 13.1. The molecule has 3 aromatic heterocycles. The molecule has 56 heavy (non-hydrogen) atoms.